The Balaban J connectivity index is 1.43. The fourth-order valence-electron chi connectivity index (χ4n) is 7.55. The summed E-state index contributed by atoms with van der Waals surface area (Å²) in [6.45, 7) is 8.79. The van der Waals surface area contributed by atoms with Crippen LogP contribution in [-0.4, -0.2) is 24.3 Å². The Morgan fingerprint density at radius 2 is 2.04 bits per heavy atom. The van der Waals surface area contributed by atoms with Crippen LogP contribution < -0.4 is 4.74 Å². The van der Waals surface area contributed by atoms with Gasteiger partial charge < -0.3 is 9.47 Å². The summed E-state index contributed by atoms with van der Waals surface area (Å²) in [5.74, 6) is 3.36. The highest BCUT2D eigenvalue weighted by molar-refractivity contribution is 5.73. The van der Waals surface area contributed by atoms with Gasteiger partial charge in [-0.1, -0.05) is 19.9 Å². The van der Waals surface area contributed by atoms with E-state index in [2.05, 4.69) is 31.0 Å². The molecule has 6 atom stereocenters. The van der Waals surface area contributed by atoms with Gasteiger partial charge in [-0.05, 0) is 97.7 Å². The van der Waals surface area contributed by atoms with E-state index in [1.807, 2.05) is 19.3 Å². The van der Waals surface area contributed by atoms with E-state index >= 15 is 0 Å². The molecule has 5 rings (SSSR count). The number of nitrogens with zero attached hydrogens (tertiary/aromatic N) is 1. The van der Waals surface area contributed by atoms with Crippen LogP contribution in [0.2, 0.25) is 0 Å². The smallest absolute Gasteiger partial charge is 0.138 e. The molecule has 0 amide bonds. The fraction of sp³-hybridized carbons (Fsp3) is 0.720. The third kappa shape index (κ3) is 2.69. The van der Waals surface area contributed by atoms with E-state index in [1.165, 1.54) is 56.1 Å². The van der Waals surface area contributed by atoms with Crippen LogP contribution in [0.3, 0.4) is 0 Å². The molecule has 0 N–H and O–H groups in total. The van der Waals surface area contributed by atoms with Crippen molar-refractivity contribution in [1.29, 1.82) is 0 Å². The third-order valence-electron chi connectivity index (χ3n) is 8.88. The van der Waals surface area contributed by atoms with Crippen molar-refractivity contribution in [2.24, 2.45) is 28.6 Å². The van der Waals surface area contributed by atoms with E-state index in [0.717, 1.165) is 30.1 Å². The normalized spacial score (nSPS) is 42.2. The van der Waals surface area contributed by atoms with E-state index in [0.29, 0.717) is 18.1 Å². The summed E-state index contributed by atoms with van der Waals surface area (Å²) in [6, 6.07) is 2.20. The predicted molar refractivity (Wildman–Crippen MR) is 112 cm³/mol. The molecule has 1 aromatic heterocycles. The number of hydrogen-bond acceptors (Lipinski definition) is 3. The molecule has 28 heavy (non-hydrogen) atoms. The van der Waals surface area contributed by atoms with E-state index in [-0.39, 0.29) is 5.41 Å². The van der Waals surface area contributed by atoms with Gasteiger partial charge >= 0.3 is 0 Å². The standard InChI is InChI=1S/C25H35NO2/c1-4-27-18-14-17(15-26-16-18)20-7-8-21-19-6-9-23-25(3,11-5-13-28-23)22(19)10-12-24(20,21)2/h7,14-16,19,21-23H,4-6,8-13H2,1-3H3/t19-,21-,22-,23+,24+,25+/m0/s1. The van der Waals surface area contributed by atoms with Crippen molar-refractivity contribution in [3.8, 4) is 5.75 Å². The molecule has 4 aliphatic rings. The molecule has 1 aromatic rings. The maximum absolute atomic E-state index is 6.26. The molecule has 0 aromatic carbocycles. The van der Waals surface area contributed by atoms with Gasteiger partial charge in [0.1, 0.15) is 5.75 Å². The van der Waals surface area contributed by atoms with Crippen LogP contribution in [0.5, 0.6) is 5.75 Å². The van der Waals surface area contributed by atoms with Crippen molar-refractivity contribution in [3.05, 3.63) is 30.1 Å². The van der Waals surface area contributed by atoms with Gasteiger partial charge in [-0.25, -0.2) is 0 Å². The topological polar surface area (TPSA) is 31.4 Å². The molecule has 1 aliphatic heterocycles. The van der Waals surface area contributed by atoms with Crippen molar-refractivity contribution < 1.29 is 9.47 Å². The second kappa shape index (κ2) is 6.86. The van der Waals surface area contributed by atoms with Crippen molar-refractivity contribution >= 4 is 5.57 Å². The summed E-state index contributed by atoms with van der Waals surface area (Å²) in [7, 11) is 0. The highest BCUT2D eigenvalue weighted by Crippen LogP contribution is 2.66. The lowest BCUT2D eigenvalue weighted by Gasteiger charge is -2.59. The molecule has 0 radical (unpaired) electrons. The zero-order valence-electron chi connectivity index (χ0n) is 17.7. The first kappa shape index (κ1) is 18.7. The highest BCUT2D eigenvalue weighted by atomic mass is 16.5. The van der Waals surface area contributed by atoms with Crippen molar-refractivity contribution in [2.45, 2.75) is 71.8 Å². The van der Waals surface area contributed by atoms with E-state index in [4.69, 9.17) is 9.47 Å². The summed E-state index contributed by atoms with van der Waals surface area (Å²) >= 11 is 0. The first-order chi connectivity index (χ1) is 13.6. The minimum Gasteiger partial charge on any atom is -0.492 e. The lowest BCUT2D eigenvalue weighted by molar-refractivity contribution is -0.168. The monoisotopic (exact) mass is 381 g/mol. The first-order valence-corrected chi connectivity index (χ1v) is 11.5. The largest absolute Gasteiger partial charge is 0.492 e. The fourth-order valence-corrected chi connectivity index (χ4v) is 7.55. The second-order valence-corrected chi connectivity index (χ2v) is 10.1. The Kier molecular flexibility index (Phi) is 4.58. The molecular formula is C25H35NO2. The van der Waals surface area contributed by atoms with Gasteiger partial charge in [0.15, 0.2) is 0 Å². The summed E-state index contributed by atoms with van der Waals surface area (Å²) < 4.78 is 12.0. The average molecular weight is 382 g/mol. The number of aromatic nitrogens is 1. The second-order valence-electron chi connectivity index (χ2n) is 10.1. The molecule has 3 nitrogen and oxygen atoms in total. The Bertz CT molecular complexity index is 774. The number of hydrogen-bond donors (Lipinski definition) is 0. The Hall–Kier alpha value is -1.35. The van der Waals surface area contributed by atoms with Crippen LogP contribution >= 0.6 is 0 Å². The van der Waals surface area contributed by atoms with Crippen molar-refractivity contribution in [2.75, 3.05) is 13.2 Å². The molecule has 1 saturated heterocycles. The van der Waals surface area contributed by atoms with E-state index in [1.54, 1.807) is 0 Å². The van der Waals surface area contributed by atoms with Crippen LogP contribution in [0.15, 0.2) is 24.5 Å². The zero-order valence-corrected chi connectivity index (χ0v) is 17.7. The van der Waals surface area contributed by atoms with E-state index < -0.39 is 0 Å². The lowest BCUT2D eigenvalue weighted by Crippen LogP contribution is -2.55. The van der Waals surface area contributed by atoms with Gasteiger partial charge in [-0.15, -0.1) is 0 Å². The zero-order chi connectivity index (χ0) is 19.4. The molecule has 3 heteroatoms. The number of allylic oxidation sites excluding steroid dienone is 2. The summed E-state index contributed by atoms with van der Waals surface area (Å²) in [5.41, 5.74) is 3.49. The first-order valence-electron chi connectivity index (χ1n) is 11.5. The molecule has 2 saturated carbocycles. The van der Waals surface area contributed by atoms with Gasteiger partial charge in [0.05, 0.1) is 18.9 Å². The maximum atomic E-state index is 6.26. The quantitative estimate of drug-likeness (QED) is 0.653. The van der Waals surface area contributed by atoms with Crippen LogP contribution in [0.4, 0.5) is 0 Å². The average Bonchev–Trinajstić information content (AvgIpc) is 3.05. The summed E-state index contributed by atoms with van der Waals surface area (Å²) in [6.07, 6.45) is 16.0. The SMILES string of the molecule is CCOc1cncc(C2=CC[C@H]3[C@@H]4CC[C@H]5OCCC[C@]5(C)[C@H]4CC[C@]23C)c1. The molecule has 0 bridgehead atoms. The van der Waals surface area contributed by atoms with Crippen LogP contribution in [-0.2, 0) is 4.74 Å². The molecular weight excluding hydrogens is 346 g/mol. The lowest BCUT2D eigenvalue weighted by atomic mass is 9.47. The van der Waals surface area contributed by atoms with Gasteiger partial charge in [-0.2, -0.15) is 0 Å². The highest BCUT2D eigenvalue weighted by Gasteiger charge is 2.58. The minimum atomic E-state index is 0.284. The van der Waals surface area contributed by atoms with Gasteiger partial charge in [0, 0.05) is 12.8 Å². The number of ether oxygens (including phenoxy) is 2. The molecule has 152 valence electrons. The number of fused-ring (bicyclic) bond motifs is 5. The molecule has 3 aliphatic carbocycles. The van der Waals surface area contributed by atoms with Gasteiger partial charge in [0.2, 0.25) is 0 Å². The molecule has 3 fully saturated rings. The maximum Gasteiger partial charge on any atom is 0.138 e. The summed E-state index contributed by atoms with van der Waals surface area (Å²) in [5, 5.41) is 0. The van der Waals surface area contributed by atoms with Gasteiger partial charge in [0.25, 0.3) is 0 Å². The van der Waals surface area contributed by atoms with E-state index in [9.17, 15) is 0 Å². The molecule has 0 spiro atoms. The number of pyridine rings is 1. The van der Waals surface area contributed by atoms with Crippen LogP contribution in [0.25, 0.3) is 5.57 Å². The predicted octanol–water partition coefficient (Wildman–Crippen LogP) is 5.90. The minimum absolute atomic E-state index is 0.284. The Morgan fingerprint density at radius 3 is 2.89 bits per heavy atom. The Labute approximate surface area is 169 Å². The molecule has 0 unspecified atom stereocenters. The van der Waals surface area contributed by atoms with Crippen molar-refractivity contribution in [3.63, 3.8) is 0 Å². The van der Waals surface area contributed by atoms with Crippen LogP contribution in [0.1, 0.15) is 71.3 Å². The van der Waals surface area contributed by atoms with Crippen molar-refractivity contribution in [1.82, 2.24) is 4.98 Å². The number of rotatable bonds is 3. The third-order valence-corrected chi connectivity index (χ3v) is 8.88. The van der Waals surface area contributed by atoms with Crippen LogP contribution in [0, 0.1) is 28.6 Å². The molecule has 2 heterocycles. The van der Waals surface area contributed by atoms with Gasteiger partial charge in [-0.3, -0.25) is 4.98 Å². The Morgan fingerprint density at radius 1 is 1.14 bits per heavy atom. The summed E-state index contributed by atoms with van der Waals surface area (Å²) in [4.78, 5) is 4.48.